The Hall–Kier alpha value is -1.06. The molecule has 3 nitrogen and oxygen atoms in total. The molecule has 1 aromatic carbocycles. The molecular formula is C10H10O3V. The Labute approximate surface area is 91.7 Å². The predicted octanol–water partition coefficient (Wildman–Crippen LogP) is 1.73. The Kier molecular flexibility index (Phi) is 6.80. The number of hydrogen-bond donors (Lipinski definition) is 0. The summed E-state index contributed by atoms with van der Waals surface area (Å²) >= 11 is 1.06. The van der Waals surface area contributed by atoms with Gasteiger partial charge in [-0.1, -0.05) is 30.3 Å². The number of ketones is 2. The van der Waals surface area contributed by atoms with Crippen LogP contribution < -0.4 is 0 Å². The van der Waals surface area contributed by atoms with Gasteiger partial charge < -0.3 is 0 Å². The first-order chi connectivity index (χ1) is 6.70. The van der Waals surface area contributed by atoms with Crippen LogP contribution in [0.3, 0.4) is 0 Å². The van der Waals surface area contributed by atoms with Crippen molar-refractivity contribution in [1.82, 2.24) is 0 Å². The van der Waals surface area contributed by atoms with Crippen molar-refractivity contribution in [3.63, 3.8) is 0 Å². The van der Waals surface area contributed by atoms with Gasteiger partial charge in [0, 0.05) is 5.56 Å². The van der Waals surface area contributed by atoms with Gasteiger partial charge in [0.05, 0.1) is 6.42 Å². The fourth-order valence-electron chi connectivity index (χ4n) is 0.952. The van der Waals surface area contributed by atoms with Gasteiger partial charge in [-0.05, 0) is 6.92 Å². The monoisotopic (exact) mass is 229 g/mol. The average molecular weight is 229 g/mol. The van der Waals surface area contributed by atoms with Crippen LogP contribution in [0.25, 0.3) is 0 Å². The molecule has 0 heterocycles. The zero-order chi connectivity index (χ0) is 11.0. The van der Waals surface area contributed by atoms with Gasteiger partial charge in [-0.15, -0.1) is 0 Å². The summed E-state index contributed by atoms with van der Waals surface area (Å²) in [6, 6.07) is 8.84. The molecule has 0 amide bonds. The van der Waals surface area contributed by atoms with Gasteiger partial charge in [0.2, 0.25) is 0 Å². The molecule has 0 N–H and O–H groups in total. The van der Waals surface area contributed by atoms with Crippen LogP contribution in [0.15, 0.2) is 30.3 Å². The van der Waals surface area contributed by atoms with Crippen molar-refractivity contribution in [3.8, 4) is 0 Å². The molecule has 1 aromatic rings. The van der Waals surface area contributed by atoms with Crippen LogP contribution in [0, 0.1) is 0 Å². The van der Waals surface area contributed by atoms with E-state index in [1.807, 2.05) is 6.07 Å². The van der Waals surface area contributed by atoms with Crippen molar-refractivity contribution < 1.29 is 30.6 Å². The van der Waals surface area contributed by atoms with E-state index < -0.39 is 0 Å². The predicted molar refractivity (Wildman–Crippen MR) is 46.8 cm³/mol. The van der Waals surface area contributed by atoms with Crippen molar-refractivity contribution in [2.45, 2.75) is 13.3 Å². The summed E-state index contributed by atoms with van der Waals surface area (Å²) in [7, 11) is 0. The molecule has 0 bridgehead atoms. The molecule has 4 heteroatoms. The first-order valence-electron chi connectivity index (χ1n) is 3.96. The van der Waals surface area contributed by atoms with E-state index in [0.717, 1.165) is 17.4 Å². The van der Waals surface area contributed by atoms with Crippen LogP contribution >= 0.6 is 0 Å². The molecular weight excluding hydrogens is 219 g/mol. The van der Waals surface area contributed by atoms with Crippen LogP contribution in [0.1, 0.15) is 23.7 Å². The summed E-state index contributed by atoms with van der Waals surface area (Å²) in [5.41, 5.74) is 0.604. The van der Waals surface area contributed by atoms with Crippen molar-refractivity contribution in [3.05, 3.63) is 35.9 Å². The van der Waals surface area contributed by atoms with E-state index >= 15 is 0 Å². The van der Waals surface area contributed by atoms with E-state index in [-0.39, 0.29) is 18.0 Å². The molecule has 0 aliphatic carbocycles. The van der Waals surface area contributed by atoms with Gasteiger partial charge in [0.15, 0.2) is 5.78 Å². The second-order valence-electron chi connectivity index (χ2n) is 2.67. The number of hydrogen-bond acceptors (Lipinski definition) is 3. The van der Waals surface area contributed by atoms with Gasteiger partial charge in [-0.2, -0.15) is 0 Å². The molecule has 0 aliphatic rings. The topological polar surface area (TPSA) is 51.2 Å². The summed E-state index contributed by atoms with van der Waals surface area (Å²) in [5, 5.41) is 0. The second-order valence-corrected chi connectivity index (χ2v) is 2.67. The van der Waals surface area contributed by atoms with Crippen LogP contribution in [-0.4, -0.2) is 11.6 Å². The molecule has 0 aromatic heterocycles. The van der Waals surface area contributed by atoms with Crippen molar-refractivity contribution in [2.75, 3.05) is 0 Å². The zero-order valence-electron chi connectivity index (χ0n) is 7.77. The minimum atomic E-state index is -0.108. The molecule has 0 fully saturated rings. The number of rotatable bonds is 3. The maximum absolute atomic E-state index is 11.2. The van der Waals surface area contributed by atoms with Crippen molar-refractivity contribution in [2.24, 2.45) is 0 Å². The molecule has 0 radical (unpaired) electrons. The third-order valence-corrected chi connectivity index (χ3v) is 1.51. The van der Waals surface area contributed by atoms with Gasteiger partial charge in [0.25, 0.3) is 0 Å². The Morgan fingerprint density at radius 2 is 1.64 bits per heavy atom. The van der Waals surface area contributed by atoms with Gasteiger partial charge >= 0.3 is 21.0 Å². The fraction of sp³-hybridized carbons (Fsp3) is 0.200. The van der Waals surface area contributed by atoms with E-state index in [1.54, 1.807) is 24.3 Å². The van der Waals surface area contributed by atoms with Crippen LogP contribution in [-0.2, 0) is 25.8 Å². The first kappa shape index (κ1) is 12.9. The summed E-state index contributed by atoms with van der Waals surface area (Å²) in [4.78, 5) is 21.8. The van der Waals surface area contributed by atoms with Crippen LogP contribution in [0.2, 0.25) is 0 Å². The van der Waals surface area contributed by atoms with Crippen molar-refractivity contribution in [1.29, 1.82) is 0 Å². The maximum atomic E-state index is 11.2. The summed E-state index contributed by atoms with van der Waals surface area (Å²) in [6.45, 7) is 1.42. The van der Waals surface area contributed by atoms with Gasteiger partial charge in [-0.3, -0.25) is 9.59 Å². The third kappa shape index (κ3) is 4.85. The van der Waals surface area contributed by atoms with E-state index in [1.165, 1.54) is 6.92 Å². The quantitative estimate of drug-likeness (QED) is 0.585. The molecule has 0 aliphatic heterocycles. The molecule has 0 spiro atoms. The Bertz CT molecular complexity index is 308. The van der Waals surface area contributed by atoms with Crippen molar-refractivity contribution >= 4 is 11.6 Å². The third-order valence-electron chi connectivity index (χ3n) is 1.51. The summed E-state index contributed by atoms with van der Waals surface area (Å²) in [6.07, 6.45) is 0.00398. The summed E-state index contributed by atoms with van der Waals surface area (Å²) in [5.74, 6) is -0.202. The van der Waals surface area contributed by atoms with E-state index in [4.69, 9.17) is 3.67 Å². The average Bonchev–Trinajstić information content (AvgIpc) is 2.21. The SMILES string of the molecule is CC(=O)CC(=O)c1ccccc1.[O]=[V]. The molecule has 0 atom stereocenters. The number of carbonyl (C=O) groups is 2. The standard InChI is InChI=1S/C10H10O2.O.V/c1-8(11)7-10(12)9-5-3-2-4-6-9;;/h2-6H,7H2,1H3;;. The van der Waals surface area contributed by atoms with E-state index in [9.17, 15) is 9.59 Å². The molecule has 0 saturated carbocycles. The molecule has 0 saturated heterocycles. The molecule has 1 rings (SSSR count). The summed E-state index contributed by atoms with van der Waals surface area (Å²) < 4.78 is 8.19. The van der Waals surface area contributed by atoms with Gasteiger partial charge in [-0.25, -0.2) is 0 Å². The normalized spacial score (nSPS) is 8.29. The minimum absolute atomic E-state index is 0.00398. The van der Waals surface area contributed by atoms with Gasteiger partial charge in [0.1, 0.15) is 5.78 Å². The van der Waals surface area contributed by atoms with Crippen LogP contribution in [0.4, 0.5) is 0 Å². The van der Waals surface area contributed by atoms with E-state index in [2.05, 4.69) is 0 Å². The molecule has 73 valence electrons. The van der Waals surface area contributed by atoms with E-state index in [0.29, 0.717) is 5.56 Å². The fourth-order valence-corrected chi connectivity index (χ4v) is 0.952. The molecule has 14 heavy (non-hydrogen) atoms. The van der Waals surface area contributed by atoms with Crippen LogP contribution in [0.5, 0.6) is 0 Å². The number of Topliss-reactive ketones (excluding diaryl/α,β-unsaturated/α-hetero) is 2. The number of benzene rings is 1. The first-order valence-corrected chi connectivity index (χ1v) is 4.53. The second kappa shape index (κ2) is 7.36. The Morgan fingerprint density at radius 3 is 2.07 bits per heavy atom. The Morgan fingerprint density at radius 1 is 1.14 bits per heavy atom. The zero-order valence-corrected chi connectivity index (χ0v) is 9.16. The Balaban J connectivity index is 0.000000791. The number of carbonyl (C=O) groups excluding carboxylic acids is 2. The molecule has 0 unspecified atom stereocenters.